The van der Waals surface area contributed by atoms with Crippen LogP contribution in [-0.4, -0.2) is 28.0 Å². The molecule has 0 unspecified atom stereocenters. The van der Waals surface area contributed by atoms with E-state index in [2.05, 4.69) is 11.4 Å². The number of para-hydroxylation sites is 1. The summed E-state index contributed by atoms with van der Waals surface area (Å²) >= 11 is 0. The van der Waals surface area contributed by atoms with Crippen molar-refractivity contribution >= 4 is 22.8 Å². The summed E-state index contributed by atoms with van der Waals surface area (Å²) < 4.78 is 0. The van der Waals surface area contributed by atoms with Crippen molar-refractivity contribution in [1.29, 1.82) is 0 Å². The molecular formula is C27H24N2O3. The molecule has 5 nitrogen and oxygen atoms in total. The number of aromatic nitrogens is 1. The van der Waals surface area contributed by atoms with Crippen LogP contribution in [0.5, 0.6) is 0 Å². The highest BCUT2D eigenvalue weighted by Gasteiger charge is 2.21. The van der Waals surface area contributed by atoms with Crippen LogP contribution >= 0.6 is 0 Å². The highest BCUT2D eigenvalue weighted by molar-refractivity contribution is 5.96. The minimum absolute atomic E-state index is 0.231. The summed E-state index contributed by atoms with van der Waals surface area (Å²) in [5.41, 5.74) is 4.27. The van der Waals surface area contributed by atoms with E-state index in [4.69, 9.17) is 4.98 Å². The Kier molecular flexibility index (Phi) is 6.56. The Morgan fingerprint density at radius 3 is 2.38 bits per heavy atom. The number of pyridine rings is 1. The zero-order valence-corrected chi connectivity index (χ0v) is 17.6. The molecule has 0 aliphatic rings. The Labute approximate surface area is 186 Å². The fourth-order valence-electron chi connectivity index (χ4n) is 3.68. The maximum Gasteiger partial charge on any atom is 0.326 e. The number of fused-ring (bicyclic) bond motifs is 1. The summed E-state index contributed by atoms with van der Waals surface area (Å²) in [5, 5.41) is 13.3. The lowest BCUT2D eigenvalue weighted by atomic mass is 10.0. The molecule has 0 saturated heterocycles. The van der Waals surface area contributed by atoms with Gasteiger partial charge in [0.25, 0.3) is 5.91 Å². The van der Waals surface area contributed by atoms with E-state index in [0.29, 0.717) is 5.56 Å². The monoisotopic (exact) mass is 424 g/mol. The van der Waals surface area contributed by atoms with Crippen LogP contribution in [0.15, 0.2) is 91.0 Å². The molecule has 160 valence electrons. The number of carbonyl (C=O) groups excluding carboxylic acids is 1. The molecule has 0 fully saturated rings. The van der Waals surface area contributed by atoms with Crippen LogP contribution in [0.1, 0.15) is 27.2 Å². The molecule has 0 bridgehead atoms. The van der Waals surface area contributed by atoms with Crippen LogP contribution < -0.4 is 5.32 Å². The molecule has 5 heteroatoms. The van der Waals surface area contributed by atoms with Crippen molar-refractivity contribution in [2.45, 2.75) is 25.3 Å². The zero-order chi connectivity index (χ0) is 22.3. The van der Waals surface area contributed by atoms with Crippen molar-refractivity contribution in [2.75, 3.05) is 0 Å². The molecule has 2 N–H and O–H groups in total. The van der Waals surface area contributed by atoms with E-state index in [1.165, 1.54) is 0 Å². The third-order valence-electron chi connectivity index (χ3n) is 5.40. The molecule has 3 aromatic carbocycles. The number of aliphatic carboxylic acids is 1. The molecule has 1 atom stereocenters. The van der Waals surface area contributed by atoms with Crippen molar-refractivity contribution in [1.82, 2.24) is 10.3 Å². The van der Waals surface area contributed by atoms with E-state index in [9.17, 15) is 14.7 Å². The van der Waals surface area contributed by atoms with E-state index in [-0.39, 0.29) is 12.3 Å². The lowest BCUT2D eigenvalue weighted by molar-refractivity contribution is -0.139. The van der Waals surface area contributed by atoms with Crippen LogP contribution in [0, 0.1) is 0 Å². The molecule has 0 aliphatic carbocycles. The van der Waals surface area contributed by atoms with Gasteiger partial charge in [-0.25, -0.2) is 4.79 Å². The number of aryl methyl sites for hydroxylation is 2. The lowest BCUT2D eigenvalue weighted by Gasteiger charge is -2.15. The number of nitrogens with one attached hydrogen (secondary N) is 1. The van der Waals surface area contributed by atoms with E-state index >= 15 is 0 Å². The Bertz CT molecular complexity index is 1240. The molecule has 1 aromatic heterocycles. The van der Waals surface area contributed by atoms with Gasteiger partial charge >= 0.3 is 5.97 Å². The van der Waals surface area contributed by atoms with Crippen LogP contribution in [-0.2, 0) is 24.1 Å². The van der Waals surface area contributed by atoms with Gasteiger partial charge in [-0.3, -0.25) is 9.78 Å². The van der Waals surface area contributed by atoms with Crippen LogP contribution in [0.4, 0.5) is 0 Å². The number of hydrogen-bond acceptors (Lipinski definition) is 3. The predicted octanol–water partition coefficient (Wildman–Crippen LogP) is 4.45. The summed E-state index contributed by atoms with van der Waals surface area (Å²) in [5.74, 6) is -1.44. The first-order valence-corrected chi connectivity index (χ1v) is 10.6. The average Bonchev–Trinajstić information content (AvgIpc) is 2.83. The summed E-state index contributed by atoms with van der Waals surface area (Å²) in [4.78, 5) is 29.1. The van der Waals surface area contributed by atoms with Gasteiger partial charge in [0, 0.05) is 23.1 Å². The van der Waals surface area contributed by atoms with Crippen LogP contribution in [0.2, 0.25) is 0 Å². The van der Waals surface area contributed by atoms with Gasteiger partial charge < -0.3 is 10.4 Å². The first-order valence-electron chi connectivity index (χ1n) is 10.6. The van der Waals surface area contributed by atoms with Gasteiger partial charge in [0.05, 0.1) is 5.52 Å². The van der Waals surface area contributed by atoms with Gasteiger partial charge in [0.15, 0.2) is 0 Å². The second-order valence-electron chi connectivity index (χ2n) is 7.75. The minimum atomic E-state index is -1.05. The quantitative estimate of drug-likeness (QED) is 0.438. The molecule has 4 aromatic rings. The number of hydrogen-bond donors (Lipinski definition) is 2. The summed E-state index contributed by atoms with van der Waals surface area (Å²) in [6.07, 6.45) is 1.72. The number of carboxylic acid groups (broad SMARTS) is 1. The Morgan fingerprint density at radius 2 is 1.56 bits per heavy atom. The summed E-state index contributed by atoms with van der Waals surface area (Å²) in [6, 6.07) is 27.7. The maximum atomic E-state index is 12.7. The number of carbonyl (C=O) groups is 2. The largest absolute Gasteiger partial charge is 0.480 e. The van der Waals surface area contributed by atoms with E-state index in [0.717, 1.165) is 40.6 Å². The van der Waals surface area contributed by atoms with E-state index in [1.54, 1.807) is 6.07 Å². The number of rotatable bonds is 8. The van der Waals surface area contributed by atoms with Gasteiger partial charge in [0.2, 0.25) is 0 Å². The SMILES string of the molecule is O=C(N[C@@H](Cc1ccccc1)C(=O)O)c1cccc(CCc2ccc3ccccc3n2)c1. The first-order chi connectivity index (χ1) is 15.6. The van der Waals surface area contributed by atoms with Gasteiger partial charge in [-0.05, 0) is 48.2 Å². The Morgan fingerprint density at radius 1 is 0.812 bits per heavy atom. The zero-order valence-electron chi connectivity index (χ0n) is 17.6. The van der Waals surface area contributed by atoms with Crippen molar-refractivity contribution in [3.8, 4) is 0 Å². The van der Waals surface area contributed by atoms with Crippen molar-refractivity contribution in [3.63, 3.8) is 0 Å². The smallest absolute Gasteiger partial charge is 0.326 e. The number of amides is 1. The predicted molar refractivity (Wildman–Crippen MR) is 125 cm³/mol. The number of carboxylic acids is 1. The fourth-order valence-corrected chi connectivity index (χ4v) is 3.68. The van der Waals surface area contributed by atoms with E-state index < -0.39 is 12.0 Å². The minimum Gasteiger partial charge on any atom is -0.480 e. The molecule has 0 saturated carbocycles. The normalized spacial score (nSPS) is 11.8. The fraction of sp³-hybridized carbons (Fsp3) is 0.148. The van der Waals surface area contributed by atoms with Gasteiger partial charge in [-0.1, -0.05) is 66.7 Å². The highest BCUT2D eigenvalue weighted by Crippen LogP contribution is 2.14. The summed E-state index contributed by atoms with van der Waals surface area (Å²) in [7, 11) is 0. The third-order valence-corrected chi connectivity index (χ3v) is 5.40. The van der Waals surface area contributed by atoms with E-state index in [1.807, 2.05) is 78.9 Å². The molecule has 0 spiro atoms. The van der Waals surface area contributed by atoms with Gasteiger partial charge in [-0.2, -0.15) is 0 Å². The second-order valence-corrected chi connectivity index (χ2v) is 7.75. The van der Waals surface area contributed by atoms with Crippen LogP contribution in [0.25, 0.3) is 10.9 Å². The Balaban J connectivity index is 1.41. The topological polar surface area (TPSA) is 79.3 Å². The molecule has 0 radical (unpaired) electrons. The van der Waals surface area contributed by atoms with Crippen molar-refractivity contribution < 1.29 is 14.7 Å². The molecule has 0 aliphatic heterocycles. The molecule has 1 amide bonds. The molecule has 4 rings (SSSR count). The summed E-state index contributed by atoms with van der Waals surface area (Å²) in [6.45, 7) is 0. The molecule has 1 heterocycles. The molecule has 32 heavy (non-hydrogen) atoms. The van der Waals surface area contributed by atoms with Gasteiger partial charge in [0.1, 0.15) is 6.04 Å². The third kappa shape index (κ3) is 5.38. The van der Waals surface area contributed by atoms with Crippen molar-refractivity contribution in [3.05, 3.63) is 113 Å². The highest BCUT2D eigenvalue weighted by atomic mass is 16.4. The molecular weight excluding hydrogens is 400 g/mol. The van der Waals surface area contributed by atoms with Gasteiger partial charge in [-0.15, -0.1) is 0 Å². The Hall–Kier alpha value is -3.99. The van der Waals surface area contributed by atoms with Crippen molar-refractivity contribution in [2.24, 2.45) is 0 Å². The maximum absolute atomic E-state index is 12.7. The lowest BCUT2D eigenvalue weighted by Crippen LogP contribution is -2.42. The average molecular weight is 425 g/mol. The standard InChI is InChI=1S/C27H24N2O3/c30-26(29-25(27(31)32)18-19-7-2-1-3-8-19)22-11-6-9-20(17-22)13-15-23-16-14-21-10-4-5-12-24(21)28-23/h1-12,14,16-17,25H,13,15,18H2,(H,29,30)(H,31,32)/t25-/m0/s1. The number of benzene rings is 3. The first kappa shape index (κ1) is 21.2. The number of nitrogens with zero attached hydrogens (tertiary/aromatic N) is 1. The second kappa shape index (κ2) is 9.88. The van der Waals surface area contributed by atoms with Crippen LogP contribution in [0.3, 0.4) is 0 Å².